The van der Waals surface area contributed by atoms with Gasteiger partial charge in [-0.3, -0.25) is 0 Å². The van der Waals surface area contributed by atoms with Gasteiger partial charge >= 0.3 is 5.97 Å². The molecule has 1 aromatic heterocycles. The summed E-state index contributed by atoms with van der Waals surface area (Å²) in [5, 5.41) is 7.40. The van der Waals surface area contributed by atoms with Crippen LogP contribution >= 0.6 is 0 Å². The van der Waals surface area contributed by atoms with Gasteiger partial charge in [-0.1, -0.05) is 18.7 Å². The number of fused-ring (bicyclic) bond motifs is 1. The van der Waals surface area contributed by atoms with Crippen LogP contribution in [0.5, 0.6) is 11.5 Å². The summed E-state index contributed by atoms with van der Waals surface area (Å²) in [5.74, 6) is 1.30. The lowest BCUT2D eigenvalue weighted by Gasteiger charge is -2.28. The molecule has 0 saturated carbocycles. The molecule has 8 nitrogen and oxygen atoms in total. The van der Waals surface area contributed by atoms with Gasteiger partial charge in [0.25, 0.3) is 0 Å². The van der Waals surface area contributed by atoms with Crippen molar-refractivity contribution in [3.63, 3.8) is 0 Å². The highest BCUT2D eigenvalue weighted by Gasteiger charge is 2.34. The SMILES string of the molecule is C=CCOC(=O)C1=C(C)Nc2ncnn2C1c1ccc(OC(C)C)c(OC)c1. The molecule has 0 bridgehead atoms. The topological polar surface area (TPSA) is 87.5 Å². The minimum atomic E-state index is -0.516. The summed E-state index contributed by atoms with van der Waals surface area (Å²) in [4.78, 5) is 17.0. The van der Waals surface area contributed by atoms with Crippen molar-refractivity contribution in [2.75, 3.05) is 19.0 Å². The van der Waals surface area contributed by atoms with Gasteiger partial charge in [0.05, 0.1) is 18.8 Å². The number of nitrogens with one attached hydrogen (secondary N) is 1. The summed E-state index contributed by atoms with van der Waals surface area (Å²) in [7, 11) is 1.58. The minimum Gasteiger partial charge on any atom is -0.493 e. The van der Waals surface area contributed by atoms with Gasteiger partial charge in [0.2, 0.25) is 5.95 Å². The summed E-state index contributed by atoms with van der Waals surface area (Å²) in [6.45, 7) is 9.41. The number of aromatic nitrogens is 3. The number of carbonyl (C=O) groups excluding carboxylic acids is 1. The molecule has 2 heterocycles. The first-order valence-electron chi connectivity index (χ1n) is 8.96. The Morgan fingerprint density at radius 1 is 1.39 bits per heavy atom. The summed E-state index contributed by atoms with van der Waals surface area (Å²) < 4.78 is 18.3. The van der Waals surface area contributed by atoms with E-state index in [2.05, 4.69) is 22.0 Å². The normalized spacial score (nSPS) is 15.7. The minimum absolute atomic E-state index is 0.00660. The van der Waals surface area contributed by atoms with E-state index < -0.39 is 12.0 Å². The zero-order chi connectivity index (χ0) is 20.3. The van der Waals surface area contributed by atoms with Crippen LogP contribution in [0.1, 0.15) is 32.4 Å². The first-order valence-corrected chi connectivity index (χ1v) is 8.96. The standard InChI is InChI=1S/C20H24N4O4/c1-6-9-27-19(25)17-13(4)23-20-21-11-22-24(20)18(17)14-7-8-15(28-12(2)3)16(10-14)26-5/h6-8,10-12,18H,1,9H2,2-5H3,(H,21,22,23). The molecule has 3 rings (SSSR count). The van der Waals surface area contributed by atoms with Crippen molar-refractivity contribution >= 4 is 11.9 Å². The molecule has 0 fully saturated rings. The quantitative estimate of drug-likeness (QED) is 0.580. The maximum absolute atomic E-state index is 12.8. The fourth-order valence-corrected chi connectivity index (χ4v) is 3.08. The second-order valence-electron chi connectivity index (χ2n) is 6.56. The monoisotopic (exact) mass is 384 g/mol. The van der Waals surface area contributed by atoms with E-state index in [1.807, 2.05) is 39.0 Å². The number of hydrogen-bond donors (Lipinski definition) is 1. The van der Waals surface area contributed by atoms with Gasteiger partial charge in [0.15, 0.2) is 11.5 Å². The van der Waals surface area contributed by atoms with Crippen molar-refractivity contribution in [3.8, 4) is 11.5 Å². The van der Waals surface area contributed by atoms with Gasteiger partial charge in [-0.25, -0.2) is 9.48 Å². The smallest absolute Gasteiger partial charge is 0.338 e. The lowest BCUT2D eigenvalue weighted by Crippen LogP contribution is -2.29. The van der Waals surface area contributed by atoms with Crippen LogP contribution in [-0.2, 0) is 9.53 Å². The Morgan fingerprint density at radius 3 is 2.86 bits per heavy atom. The van der Waals surface area contributed by atoms with Gasteiger partial charge < -0.3 is 19.5 Å². The Balaban J connectivity index is 2.08. The van der Waals surface area contributed by atoms with Crippen LogP contribution < -0.4 is 14.8 Å². The molecule has 1 N–H and O–H groups in total. The fraction of sp³-hybridized carbons (Fsp3) is 0.350. The molecule has 148 valence electrons. The summed E-state index contributed by atoms with van der Waals surface area (Å²) in [5.41, 5.74) is 1.89. The molecule has 0 spiro atoms. The number of rotatable bonds is 7. The van der Waals surface area contributed by atoms with E-state index in [4.69, 9.17) is 14.2 Å². The number of esters is 1. The van der Waals surface area contributed by atoms with Crippen LogP contribution in [0.25, 0.3) is 0 Å². The first kappa shape index (κ1) is 19.5. The van der Waals surface area contributed by atoms with Crippen molar-refractivity contribution in [1.29, 1.82) is 0 Å². The average Bonchev–Trinajstić information content (AvgIpc) is 3.12. The molecule has 1 unspecified atom stereocenters. The highest BCUT2D eigenvalue weighted by molar-refractivity contribution is 5.92. The lowest BCUT2D eigenvalue weighted by molar-refractivity contribution is -0.138. The Hall–Kier alpha value is -3.29. The van der Waals surface area contributed by atoms with Crippen molar-refractivity contribution in [3.05, 3.63) is 54.0 Å². The average molecular weight is 384 g/mol. The van der Waals surface area contributed by atoms with E-state index in [0.29, 0.717) is 28.7 Å². The largest absolute Gasteiger partial charge is 0.493 e. The molecule has 0 radical (unpaired) electrons. The Morgan fingerprint density at radius 2 is 2.18 bits per heavy atom. The Bertz CT molecular complexity index is 917. The molecule has 0 amide bonds. The Labute approximate surface area is 163 Å². The number of anilines is 1. The lowest BCUT2D eigenvalue weighted by atomic mass is 9.95. The van der Waals surface area contributed by atoms with Crippen molar-refractivity contribution in [1.82, 2.24) is 14.8 Å². The van der Waals surface area contributed by atoms with E-state index >= 15 is 0 Å². The summed E-state index contributed by atoms with van der Waals surface area (Å²) in [6.07, 6.45) is 2.97. The zero-order valence-corrected chi connectivity index (χ0v) is 16.4. The number of ether oxygens (including phenoxy) is 3. The van der Waals surface area contributed by atoms with Crippen LogP contribution in [0, 0.1) is 0 Å². The van der Waals surface area contributed by atoms with E-state index in [1.165, 1.54) is 12.4 Å². The molecule has 0 aliphatic carbocycles. The highest BCUT2D eigenvalue weighted by atomic mass is 16.5. The molecule has 1 aliphatic heterocycles. The molecule has 1 atom stereocenters. The highest BCUT2D eigenvalue weighted by Crippen LogP contribution is 2.39. The molecular weight excluding hydrogens is 360 g/mol. The predicted molar refractivity (Wildman–Crippen MR) is 104 cm³/mol. The zero-order valence-electron chi connectivity index (χ0n) is 16.4. The van der Waals surface area contributed by atoms with Gasteiger partial charge in [0, 0.05) is 5.70 Å². The van der Waals surface area contributed by atoms with Crippen LogP contribution in [0.3, 0.4) is 0 Å². The predicted octanol–water partition coefficient (Wildman–Crippen LogP) is 3.09. The number of allylic oxidation sites excluding steroid dienone is 1. The number of carbonyl (C=O) groups is 1. The van der Waals surface area contributed by atoms with Crippen LogP contribution in [0.4, 0.5) is 5.95 Å². The van der Waals surface area contributed by atoms with E-state index in [1.54, 1.807) is 11.8 Å². The van der Waals surface area contributed by atoms with E-state index in [0.717, 1.165) is 5.56 Å². The van der Waals surface area contributed by atoms with E-state index in [-0.39, 0.29) is 12.7 Å². The van der Waals surface area contributed by atoms with Crippen molar-refractivity contribution in [2.24, 2.45) is 0 Å². The van der Waals surface area contributed by atoms with Gasteiger partial charge in [-0.05, 0) is 38.5 Å². The first-order chi connectivity index (χ1) is 13.5. The summed E-state index contributed by atoms with van der Waals surface area (Å²) >= 11 is 0. The second kappa shape index (κ2) is 8.16. The second-order valence-corrected chi connectivity index (χ2v) is 6.56. The molecule has 8 heteroatoms. The van der Waals surface area contributed by atoms with Gasteiger partial charge in [-0.15, -0.1) is 0 Å². The maximum Gasteiger partial charge on any atom is 0.338 e. The van der Waals surface area contributed by atoms with Crippen molar-refractivity contribution in [2.45, 2.75) is 32.9 Å². The number of methoxy groups -OCH3 is 1. The third kappa shape index (κ3) is 3.71. The number of hydrogen-bond acceptors (Lipinski definition) is 7. The number of nitrogens with zero attached hydrogens (tertiary/aromatic N) is 3. The van der Waals surface area contributed by atoms with E-state index in [9.17, 15) is 4.79 Å². The van der Waals surface area contributed by atoms with Crippen molar-refractivity contribution < 1.29 is 19.0 Å². The Kier molecular flexibility index (Phi) is 5.67. The molecule has 0 saturated heterocycles. The molecule has 28 heavy (non-hydrogen) atoms. The molecule has 1 aliphatic rings. The maximum atomic E-state index is 12.8. The summed E-state index contributed by atoms with van der Waals surface area (Å²) in [6, 6.07) is 5.04. The molecule has 1 aromatic carbocycles. The van der Waals surface area contributed by atoms with Gasteiger partial charge in [0.1, 0.15) is 19.0 Å². The number of benzene rings is 1. The van der Waals surface area contributed by atoms with Crippen LogP contribution in [0.2, 0.25) is 0 Å². The van der Waals surface area contributed by atoms with Gasteiger partial charge in [-0.2, -0.15) is 10.1 Å². The van der Waals surface area contributed by atoms with Crippen LogP contribution in [-0.4, -0.2) is 40.6 Å². The third-order valence-corrected chi connectivity index (χ3v) is 4.21. The van der Waals surface area contributed by atoms with Crippen LogP contribution in [0.15, 0.2) is 48.5 Å². The fourth-order valence-electron chi connectivity index (χ4n) is 3.08. The molecule has 2 aromatic rings. The molecular formula is C20H24N4O4. The third-order valence-electron chi connectivity index (χ3n) is 4.21.